The van der Waals surface area contributed by atoms with E-state index in [9.17, 15) is 8.42 Å². The van der Waals surface area contributed by atoms with Gasteiger partial charge in [0.25, 0.3) is 0 Å². The molecule has 0 radical (unpaired) electrons. The Morgan fingerprint density at radius 3 is 2.53 bits per heavy atom. The van der Waals surface area contributed by atoms with Crippen molar-refractivity contribution in [3.05, 3.63) is 28.8 Å². The molecular formula is C14H18O2S. The minimum Gasteiger partial charge on any atom is -0.224 e. The summed E-state index contributed by atoms with van der Waals surface area (Å²) in [4.78, 5) is 0.586. The fraction of sp³-hybridized carbons (Fsp3) is 0.571. The van der Waals surface area contributed by atoms with E-state index in [0.29, 0.717) is 10.8 Å². The highest BCUT2D eigenvalue weighted by Crippen LogP contribution is 2.43. The van der Waals surface area contributed by atoms with Crippen LogP contribution in [0.2, 0.25) is 0 Å². The number of benzene rings is 1. The van der Waals surface area contributed by atoms with Gasteiger partial charge in [-0.3, -0.25) is 0 Å². The summed E-state index contributed by atoms with van der Waals surface area (Å²) < 4.78 is 23.7. The van der Waals surface area contributed by atoms with Gasteiger partial charge in [-0.15, -0.1) is 0 Å². The summed E-state index contributed by atoms with van der Waals surface area (Å²) in [6.45, 7) is 0. The molecule has 0 saturated carbocycles. The van der Waals surface area contributed by atoms with Crippen LogP contribution in [0.15, 0.2) is 17.0 Å². The molecule has 2 aliphatic rings. The zero-order valence-electron chi connectivity index (χ0n) is 10.2. The van der Waals surface area contributed by atoms with Crippen molar-refractivity contribution in [1.29, 1.82) is 0 Å². The SMILES string of the molecule is CS(=O)(=O)c1ccc2c3c1CCC[C@H]3CCC2. The fourth-order valence-electron chi connectivity index (χ4n) is 3.52. The number of rotatable bonds is 1. The van der Waals surface area contributed by atoms with Crippen molar-refractivity contribution in [2.45, 2.75) is 49.3 Å². The van der Waals surface area contributed by atoms with Crippen LogP contribution < -0.4 is 0 Å². The van der Waals surface area contributed by atoms with Gasteiger partial charge in [0.05, 0.1) is 4.90 Å². The van der Waals surface area contributed by atoms with Crippen LogP contribution in [-0.4, -0.2) is 14.7 Å². The first kappa shape index (κ1) is 11.3. The van der Waals surface area contributed by atoms with Crippen LogP contribution in [0, 0.1) is 0 Å². The second-order valence-electron chi connectivity index (χ2n) is 5.37. The fourth-order valence-corrected chi connectivity index (χ4v) is 4.50. The molecule has 0 saturated heterocycles. The molecule has 0 fully saturated rings. The van der Waals surface area contributed by atoms with Gasteiger partial charge in [0.2, 0.25) is 0 Å². The van der Waals surface area contributed by atoms with Crippen molar-refractivity contribution in [3.8, 4) is 0 Å². The Morgan fingerprint density at radius 1 is 1.12 bits per heavy atom. The molecule has 2 nitrogen and oxygen atoms in total. The maximum atomic E-state index is 11.8. The van der Waals surface area contributed by atoms with Crippen molar-refractivity contribution in [1.82, 2.24) is 0 Å². The Balaban J connectivity index is 2.27. The highest BCUT2D eigenvalue weighted by Gasteiger charge is 2.29. The predicted molar refractivity (Wildman–Crippen MR) is 68.2 cm³/mol. The van der Waals surface area contributed by atoms with Gasteiger partial charge in [0.15, 0.2) is 9.84 Å². The molecule has 1 aromatic rings. The minimum atomic E-state index is -3.07. The molecule has 0 amide bonds. The summed E-state index contributed by atoms with van der Waals surface area (Å²) in [5.74, 6) is 0.629. The summed E-state index contributed by atoms with van der Waals surface area (Å²) in [5.41, 5.74) is 3.94. The van der Waals surface area contributed by atoms with Crippen molar-refractivity contribution in [2.75, 3.05) is 6.26 Å². The standard InChI is InChI=1S/C14H18O2S/c1-17(15,16)13-9-8-11-5-2-4-10-6-3-7-12(13)14(10)11/h8-10H,2-7H2,1H3/t10-/m1/s1. The molecule has 0 aliphatic heterocycles. The van der Waals surface area contributed by atoms with E-state index in [0.717, 1.165) is 24.8 Å². The first-order valence-electron chi connectivity index (χ1n) is 6.42. The van der Waals surface area contributed by atoms with Gasteiger partial charge in [0.1, 0.15) is 0 Å². The van der Waals surface area contributed by atoms with Crippen LogP contribution in [0.3, 0.4) is 0 Å². The monoisotopic (exact) mass is 250 g/mol. The summed E-state index contributed by atoms with van der Waals surface area (Å²) in [7, 11) is -3.07. The molecule has 0 spiro atoms. The van der Waals surface area contributed by atoms with E-state index in [1.54, 1.807) is 0 Å². The molecule has 0 N–H and O–H groups in total. The average molecular weight is 250 g/mol. The van der Waals surface area contributed by atoms with E-state index < -0.39 is 9.84 Å². The summed E-state index contributed by atoms with van der Waals surface area (Å²) in [6, 6.07) is 3.88. The molecule has 0 bridgehead atoms. The van der Waals surface area contributed by atoms with Gasteiger partial charge >= 0.3 is 0 Å². The Morgan fingerprint density at radius 2 is 1.82 bits per heavy atom. The zero-order valence-corrected chi connectivity index (χ0v) is 11.0. The van der Waals surface area contributed by atoms with Gasteiger partial charge in [-0.25, -0.2) is 8.42 Å². The first-order valence-corrected chi connectivity index (χ1v) is 8.31. The van der Waals surface area contributed by atoms with Gasteiger partial charge < -0.3 is 0 Å². The molecule has 1 aromatic carbocycles. The Labute approximate surface area is 103 Å². The molecule has 92 valence electrons. The Kier molecular flexibility index (Phi) is 2.54. The quantitative estimate of drug-likeness (QED) is 0.768. The number of hydrogen-bond acceptors (Lipinski definition) is 2. The summed E-state index contributed by atoms with van der Waals surface area (Å²) in [6.07, 6.45) is 8.29. The third kappa shape index (κ3) is 1.81. The normalized spacial score (nSPS) is 23.2. The van der Waals surface area contributed by atoms with Crippen molar-refractivity contribution in [2.24, 2.45) is 0 Å². The van der Waals surface area contributed by atoms with Crippen molar-refractivity contribution >= 4 is 9.84 Å². The molecule has 0 heterocycles. The molecule has 1 atom stereocenters. The third-order valence-electron chi connectivity index (χ3n) is 4.19. The first-order chi connectivity index (χ1) is 8.07. The molecule has 3 rings (SSSR count). The molecular weight excluding hydrogens is 232 g/mol. The Hall–Kier alpha value is -0.830. The van der Waals surface area contributed by atoms with Crippen LogP contribution in [-0.2, 0) is 22.7 Å². The number of hydrogen-bond donors (Lipinski definition) is 0. The van der Waals surface area contributed by atoms with Crippen LogP contribution in [0.1, 0.15) is 48.3 Å². The topological polar surface area (TPSA) is 34.1 Å². The molecule has 0 aromatic heterocycles. The Bertz CT molecular complexity index is 556. The third-order valence-corrected chi connectivity index (χ3v) is 5.37. The minimum absolute atomic E-state index is 0.586. The average Bonchev–Trinajstić information content (AvgIpc) is 2.28. The van der Waals surface area contributed by atoms with E-state index in [2.05, 4.69) is 0 Å². The van der Waals surface area contributed by atoms with Crippen LogP contribution in [0.4, 0.5) is 0 Å². The highest BCUT2D eigenvalue weighted by molar-refractivity contribution is 7.90. The lowest BCUT2D eigenvalue weighted by Crippen LogP contribution is -2.19. The highest BCUT2D eigenvalue weighted by atomic mass is 32.2. The lowest BCUT2D eigenvalue weighted by molar-refractivity contribution is 0.471. The maximum absolute atomic E-state index is 11.8. The second kappa shape index (κ2) is 3.84. The van der Waals surface area contributed by atoms with E-state index in [1.807, 2.05) is 12.1 Å². The smallest absolute Gasteiger partial charge is 0.175 e. The van der Waals surface area contributed by atoms with E-state index in [-0.39, 0.29) is 0 Å². The van der Waals surface area contributed by atoms with Crippen molar-refractivity contribution in [3.63, 3.8) is 0 Å². The summed E-state index contributed by atoms with van der Waals surface area (Å²) >= 11 is 0. The van der Waals surface area contributed by atoms with Gasteiger partial charge in [-0.05, 0) is 67.2 Å². The van der Waals surface area contributed by atoms with Crippen LogP contribution >= 0.6 is 0 Å². The summed E-state index contributed by atoms with van der Waals surface area (Å²) in [5, 5.41) is 0. The van der Waals surface area contributed by atoms with Crippen LogP contribution in [0.5, 0.6) is 0 Å². The zero-order chi connectivity index (χ0) is 12.0. The number of aryl methyl sites for hydroxylation is 1. The molecule has 0 unspecified atom stereocenters. The largest absolute Gasteiger partial charge is 0.224 e. The van der Waals surface area contributed by atoms with E-state index in [4.69, 9.17) is 0 Å². The second-order valence-corrected chi connectivity index (χ2v) is 7.35. The lowest BCUT2D eigenvalue weighted by Gasteiger charge is -2.33. The van der Waals surface area contributed by atoms with Gasteiger partial charge in [-0.1, -0.05) is 6.07 Å². The molecule has 17 heavy (non-hydrogen) atoms. The number of sulfone groups is 1. The van der Waals surface area contributed by atoms with E-state index >= 15 is 0 Å². The lowest BCUT2D eigenvalue weighted by atomic mass is 9.73. The molecule has 3 heteroatoms. The maximum Gasteiger partial charge on any atom is 0.175 e. The predicted octanol–water partition coefficient (Wildman–Crippen LogP) is 2.85. The van der Waals surface area contributed by atoms with Gasteiger partial charge in [0, 0.05) is 6.26 Å². The van der Waals surface area contributed by atoms with E-state index in [1.165, 1.54) is 36.6 Å². The van der Waals surface area contributed by atoms with Gasteiger partial charge in [-0.2, -0.15) is 0 Å². The van der Waals surface area contributed by atoms with Crippen molar-refractivity contribution < 1.29 is 8.42 Å². The van der Waals surface area contributed by atoms with Crippen LogP contribution in [0.25, 0.3) is 0 Å². The molecule has 2 aliphatic carbocycles.